The Bertz CT molecular complexity index is 491. The molecule has 0 heterocycles. The minimum Gasteiger partial charge on any atom is -0.378 e. The highest BCUT2D eigenvalue weighted by molar-refractivity contribution is 9.10. The van der Waals surface area contributed by atoms with Gasteiger partial charge >= 0.3 is 0 Å². The first kappa shape index (κ1) is 13.1. The molecular weight excluding hydrogens is 306 g/mol. The highest BCUT2D eigenvalue weighted by atomic mass is 79.9. The number of rotatable bonds is 5. The summed E-state index contributed by atoms with van der Waals surface area (Å²) in [5.41, 5.74) is 1.30. The number of nitrogens with one attached hydrogen (secondary N) is 1. The summed E-state index contributed by atoms with van der Waals surface area (Å²) >= 11 is 3.57. The van der Waals surface area contributed by atoms with Gasteiger partial charge < -0.3 is 10.1 Å². The summed E-state index contributed by atoms with van der Waals surface area (Å²) in [6.45, 7) is 2.66. The van der Waals surface area contributed by atoms with E-state index in [1.807, 2.05) is 19.1 Å². The van der Waals surface area contributed by atoms with Crippen molar-refractivity contribution in [1.29, 1.82) is 0 Å². The van der Waals surface area contributed by atoms with Crippen LogP contribution in [0.3, 0.4) is 0 Å². The monoisotopic (exact) mass is 323 g/mol. The van der Waals surface area contributed by atoms with Crippen LogP contribution in [-0.4, -0.2) is 24.7 Å². The van der Waals surface area contributed by atoms with Gasteiger partial charge in [0.25, 0.3) is 0 Å². The molecule has 19 heavy (non-hydrogen) atoms. The molecule has 4 atom stereocenters. The average Bonchev–Trinajstić information content (AvgIpc) is 3.27. The molecule has 0 radical (unpaired) electrons. The lowest BCUT2D eigenvalue weighted by Gasteiger charge is -2.06. The van der Waals surface area contributed by atoms with E-state index in [2.05, 4.69) is 33.4 Å². The van der Waals surface area contributed by atoms with E-state index in [1.54, 1.807) is 0 Å². The molecular formula is C15H18BrNO2. The summed E-state index contributed by atoms with van der Waals surface area (Å²) in [4.78, 5) is 12.0. The van der Waals surface area contributed by atoms with Crippen molar-refractivity contribution in [1.82, 2.24) is 5.32 Å². The Balaban J connectivity index is 1.52. The highest BCUT2D eigenvalue weighted by Crippen LogP contribution is 2.44. The van der Waals surface area contributed by atoms with Gasteiger partial charge in [0.15, 0.2) is 0 Å². The quantitative estimate of drug-likeness (QED) is 0.904. The van der Waals surface area contributed by atoms with Gasteiger partial charge in [-0.15, -0.1) is 0 Å². The molecule has 0 aromatic heterocycles. The largest absolute Gasteiger partial charge is 0.378 e. The Hall–Kier alpha value is -0.870. The summed E-state index contributed by atoms with van der Waals surface area (Å²) in [7, 11) is 0. The van der Waals surface area contributed by atoms with Gasteiger partial charge in [-0.2, -0.15) is 0 Å². The van der Waals surface area contributed by atoms with Crippen LogP contribution < -0.4 is 5.32 Å². The zero-order valence-corrected chi connectivity index (χ0v) is 12.5. The number of hydrogen-bond donors (Lipinski definition) is 1. The molecule has 0 bridgehead atoms. The molecule has 1 aromatic carbocycles. The molecule has 0 spiro atoms. The van der Waals surface area contributed by atoms with Crippen molar-refractivity contribution in [3.05, 3.63) is 34.3 Å². The smallest absolute Gasteiger partial charge is 0.226 e. The summed E-state index contributed by atoms with van der Waals surface area (Å²) in [5.74, 6) is 0.710. The second kappa shape index (κ2) is 5.25. The first-order valence-electron chi connectivity index (χ1n) is 6.87. The summed E-state index contributed by atoms with van der Waals surface area (Å²) < 4.78 is 6.59. The zero-order chi connectivity index (χ0) is 13.4. The summed E-state index contributed by atoms with van der Waals surface area (Å²) in [5, 5.41) is 3.14. The molecule has 2 saturated carbocycles. The van der Waals surface area contributed by atoms with Crippen LogP contribution in [0.1, 0.15) is 31.2 Å². The van der Waals surface area contributed by atoms with Crippen LogP contribution >= 0.6 is 15.9 Å². The predicted octanol–water partition coefficient (Wildman–Crippen LogP) is 2.85. The summed E-state index contributed by atoms with van der Waals surface area (Å²) in [6, 6.07) is 8.54. The van der Waals surface area contributed by atoms with Crippen LogP contribution in [-0.2, 0) is 9.53 Å². The van der Waals surface area contributed by atoms with Crippen molar-refractivity contribution in [3.8, 4) is 0 Å². The van der Waals surface area contributed by atoms with Crippen molar-refractivity contribution in [2.75, 3.05) is 6.61 Å². The number of benzene rings is 1. The Labute approximate surface area is 121 Å². The molecule has 3 nitrogen and oxygen atoms in total. The SMILES string of the molecule is CCOC1CC1C(=O)NC1CC1c1ccccc1Br. The third kappa shape index (κ3) is 2.84. The van der Waals surface area contributed by atoms with Crippen LogP contribution in [0.2, 0.25) is 0 Å². The van der Waals surface area contributed by atoms with E-state index in [1.165, 1.54) is 5.56 Å². The van der Waals surface area contributed by atoms with E-state index in [4.69, 9.17) is 4.74 Å². The fraction of sp³-hybridized carbons (Fsp3) is 0.533. The van der Waals surface area contributed by atoms with E-state index in [9.17, 15) is 4.79 Å². The first-order valence-corrected chi connectivity index (χ1v) is 7.66. The lowest BCUT2D eigenvalue weighted by atomic mass is 10.1. The number of amides is 1. The van der Waals surface area contributed by atoms with Crippen molar-refractivity contribution in [3.63, 3.8) is 0 Å². The lowest BCUT2D eigenvalue weighted by Crippen LogP contribution is -2.29. The average molecular weight is 324 g/mol. The molecule has 1 N–H and O–H groups in total. The van der Waals surface area contributed by atoms with Gasteiger partial charge in [0.2, 0.25) is 5.91 Å². The van der Waals surface area contributed by atoms with E-state index in [0.717, 1.165) is 17.3 Å². The maximum atomic E-state index is 12.0. The molecule has 1 aromatic rings. The fourth-order valence-electron chi connectivity index (χ4n) is 2.61. The van der Waals surface area contributed by atoms with Gasteiger partial charge in [0.1, 0.15) is 0 Å². The van der Waals surface area contributed by atoms with Gasteiger partial charge in [-0.05, 0) is 31.4 Å². The Morgan fingerprint density at radius 2 is 2.21 bits per heavy atom. The van der Waals surface area contributed by atoms with E-state index >= 15 is 0 Å². The van der Waals surface area contributed by atoms with Crippen molar-refractivity contribution in [2.45, 2.75) is 37.8 Å². The maximum absolute atomic E-state index is 12.0. The molecule has 102 valence electrons. The van der Waals surface area contributed by atoms with Crippen LogP contribution in [0.4, 0.5) is 0 Å². The Morgan fingerprint density at radius 1 is 1.42 bits per heavy atom. The van der Waals surface area contributed by atoms with Crippen LogP contribution in [0.15, 0.2) is 28.7 Å². The van der Waals surface area contributed by atoms with Crippen molar-refractivity contribution < 1.29 is 9.53 Å². The standard InChI is InChI=1S/C15H18BrNO2/c1-2-19-14-8-11(14)15(18)17-13-7-10(13)9-5-3-4-6-12(9)16/h3-6,10-11,13-14H,2,7-8H2,1H3,(H,17,18). The predicted molar refractivity (Wildman–Crippen MR) is 77.0 cm³/mol. The molecule has 3 rings (SSSR count). The fourth-order valence-corrected chi connectivity index (χ4v) is 3.19. The Kier molecular flexibility index (Phi) is 3.63. The van der Waals surface area contributed by atoms with E-state index in [0.29, 0.717) is 18.6 Å². The molecule has 0 saturated heterocycles. The molecule has 1 amide bonds. The van der Waals surface area contributed by atoms with Crippen molar-refractivity contribution >= 4 is 21.8 Å². The molecule has 2 fully saturated rings. The molecule has 4 unspecified atom stereocenters. The van der Waals surface area contributed by atoms with Crippen LogP contribution in [0.25, 0.3) is 0 Å². The molecule has 2 aliphatic rings. The molecule has 2 aliphatic carbocycles. The van der Waals surface area contributed by atoms with Crippen LogP contribution in [0, 0.1) is 5.92 Å². The third-order valence-electron chi connectivity index (χ3n) is 3.87. The van der Waals surface area contributed by atoms with Crippen molar-refractivity contribution in [2.24, 2.45) is 5.92 Å². The van der Waals surface area contributed by atoms with Gasteiger partial charge in [-0.3, -0.25) is 4.79 Å². The Morgan fingerprint density at radius 3 is 2.95 bits per heavy atom. The topological polar surface area (TPSA) is 38.3 Å². The maximum Gasteiger partial charge on any atom is 0.226 e. The number of halogens is 1. The first-order chi connectivity index (χ1) is 9.20. The number of ether oxygens (including phenoxy) is 1. The number of carbonyl (C=O) groups excluding carboxylic acids is 1. The lowest BCUT2D eigenvalue weighted by molar-refractivity contribution is -0.123. The third-order valence-corrected chi connectivity index (χ3v) is 4.59. The second-order valence-electron chi connectivity index (χ2n) is 5.31. The highest BCUT2D eigenvalue weighted by Gasteiger charge is 2.47. The number of hydrogen-bond acceptors (Lipinski definition) is 2. The zero-order valence-electron chi connectivity index (χ0n) is 10.9. The molecule has 4 heteroatoms. The van der Waals surface area contributed by atoms with Gasteiger partial charge in [0.05, 0.1) is 12.0 Å². The van der Waals surface area contributed by atoms with Gasteiger partial charge in [-0.1, -0.05) is 34.1 Å². The summed E-state index contributed by atoms with van der Waals surface area (Å²) in [6.07, 6.45) is 2.08. The second-order valence-corrected chi connectivity index (χ2v) is 6.17. The van der Waals surface area contributed by atoms with E-state index < -0.39 is 0 Å². The normalized spacial score (nSPS) is 31.9. The number of carbonyl (C=O) groups is 1. The van der Waals surface area contributed by atoms with Gasteiger partial charge in [-0.25, -0.2) is 0 Å². The molecule has 0 aliphatic heterocycles. The minimum atomic E-state index is 0.0837. The van der Waals surface area contributed by atoms with Gasteiger partial charge in [0, 0.05) is 23.0 Å². The van der Waals surface area contributed by atoms with Crippen LogP contribution in [0.5, 0.6) is 0 Å². The minimum absolute atomic E-state index is 0.0837. The van der Waals surface area contributed by atoms with E-state index in [-0.39, 0.29) is 17.9 Å².